The monoisotopic (exact) mass is 323 g/mol. The Labute approximate surface area is 135 Å². The summed E-state index contributed by atoms with van der Waals surface area (Å²) in [6.45, 7) is 0.960. The van der Waals surface area contributed by atoms with Crippen molar-refractivity contribution in [1.82, 2.24) is 4.90 Å². The fourth-order valence-corrected chi connectivity index (χ4v) is 2.74. The van der Waals surface area contributed by atoms with Crippen LogP contribution < -0.4 is 9.47 Å². The molecule has 1 aliphatic heterocycles. The lowest BCUT2D eigenvalue weighted by molar-refractivity contribution is -0.161. The molecule has 0 saturated carbocycles. The van der Waals surface area contributed by atoms with Gasteiger partial charge in [0.2, 0.25) is 6.04 Å². The fourth-order valence-electron chi connectivity index (χ4n) is 2.74. The zero-order chi connectivity index (χ0) is 17.0. The Bertz CT molecular complexity index is 584. The predicted octanol–water partition coefficient (Wildman–Crippen LogP) is 0.776. The van der Waals surface area contributed by atoms with Gasteiger partial charge >= 0.3 is 11.9 Å². The molecular formula is C16H21NO6. The first-order valence-corrected chi connectivity index (χ1v) is 7.19. The van der Waals surface area contributed by atoms with E-state index in [1.165, 1.54) is 14.2 Å². The number of hydrogen-bond acceptors (Lipinski definition) is 7. The summed E-state index contributed by atoms with van der Waals surface area (Å²) in [6.07, 6.45) is 0.681. The van der Waals surface area contributed by atoms with E-state index in [0.717, 1.165) is 11.1 Å². The van der Waals surface area contributed by atoms with Crippen LogP contribution in [0.25, 0.3) is 0 Å². The van der Waals surface area contributed by atoms with Crippen LogP contribution in [0.5, 0.6) is 11.5 Å². The standard InChI is InChI=1S/C16H21NO6/c1-20-12-7-10-5-6-17(9-11(10)8-13(12)21-2)14(15(18)22-3)16(19)23-4/h7-8,14H,5-6,9H2,1-4H3. The highest BCUT2D eigenvalue weighted by atomic mass is 16.5. The van der Waals surface area contributed by atoms with Crippen molar-refractivity contribution in [2.45, 2.75) is 19.0 Å². The summed E-state index contributed by atoms with van der Waals surface area (Å²) < 4.78 is 20.1. The van der Waals surface area contributed by atoms with E-state index in [0.29, 0.717) is 31.0 Å². The molecule has 0 spiro atoms. The Morgan fingerprint density at radius 1 is 0.957 bits per heavy atom. The zero-order valence-electron chi connectivity index (χ0n) is 13.8. The second-order valence-electron chi connectivity index (χ2n) is 5.15. The van der Waals surface area contributed by atoms with Crippen LogP contribution in [0, 0.1) is 0 Å². The fraction of sp³-hybridized carbons (Fsp3) is 0.500. The number of carbonyl (C=O) groups is 2. The number of esters is 2. The van der Waals surface area contributed by atoms with E-state index in [1.807, 2.05) is 12.1 Å². The topological polar surface area (TPSA) is 74.3 Å². The van der Waals surface area contributed by atoms with Crippen molar-refractivity contribution >= 4 is 11.9 Å². The largest absolute Gasteiger partial charge is 0.493 e. The van der Waals surface area contributed by atoms with Crippen molar-refractivity contribution in [2.75, 3.05) is 35.0 Å². The molecule has 0 aromatic heterocycles. The summed E-state index contributed by atoms with van der Waals surface area (Å²) in [5.41, 5.74) is 2.08. The van der Waals surface area contributed by atoms with Crippen LogP contribution in [0.4, 0.5) is 0 Å². The Kier molecular flexibility index (Phi) is 5.44. The third-order valence-corrected chi connectivity index (χ3v) is 3.96. The Morgan fingerprint density at radius 3 is 1.96 bits per heavy atom. The molecule has 23 heavy (non-hydrogen) atoms. The molecule has 0 radical (unpaired) electrons. The minimum Gasteiger partial charge on any atom is -0.493 e. The highest BCUT2D eigenvalue weighted by Crippen LogP contribution is 2.33. The number of benzene rings is 1. The van der Waals surface area contributed by atoms with Gasteiger partial charge in [-0.2, -0.15) is 0 Å². The molecule has 1 heterocycles. The number of fused-ring (bicyclic) bond motifs is 1. The normalized spacial score (nSPS) is 14.1. The summed E-state index contributed by atoms with van der Waals surface area (Å²) in [4.78, 5) is 25.6. The van der Waals surface area contributed by atoms with Crippen LogP contribution in [0.3, 0.4) is 0 Å². The maximum atomic E-state index is 11.9. The molecule has 0 unspecified atom stereocenters. The molecule has 0 atom stereocenters. The average Bonchev–Trinajstić information content (AvgIpc) is 2.59. The van der Waals surface area contributed by atoms with Crippen molar-refractivity contribution in [1.29, 1.82) is 0 Å². The van der Waals surface area contributed by atoms with Gasteiger partial charge in [-0.1, -0.05) is 0 Å². The molecule has 0 amide bonds. The lowest BCUT2D eigenvalue weighted by Gasteiger charge is -2.32. The van der Waals surface area contributed by atoms with Gasteiger partial charge in [0.05, 0.1) is 28.4 Å². The first-order chi connectivity index (χ1) is 11.0. The Morgan fingerprint density at radius 2 is 1.48 bits per heavy atom. The zero-order valence-corrected chi connectivity index (χ0v) is 13.8. The van der Waals surface area contributed by atoms with Crippen molar-refractivity contribution in [3.05, 3.63) is 23.3 Å². The van der Waals surface area contributed by atoms with Gasteiger partial charge < -0.3 is 18.9 Å². The van der Waals surface area contributed by atoms with E-state index in [2.05, 4.69) is 0 Å². The number of ether oxygens (including phenoxy) is 4. The van der Waals surface area contributed by atoms with E-state index in [-0.39, 0.29) is 0 Å². The van der Waals surface area contributed by atoms with Gasteiger partial charge in [-0.05, 0) is 29.7 Å². The molecule has 0 saturated heterocycles. The summed E-state index contributed by atoms with van der Waals surface area (Å²) >= 11 is 0. The van der Waals surface area contributed by atoms with Crippen LogP contribution >= 0.6 is 0 Å². The summed E-state index contributed by atoms with van der Waals surface area (Å²) in [7, 11) is 5.66. The minimum absolute atomic E-state index is 0.421. The average molecular weight is 323 g/mol. The van der Waals surface area contributed by atoms with Gasteiger partial charge in [0, 0.05) is 13.1 Å². The van der Waals surface area contributed by atoms with Gasteiger partial charge in [-0.25, -0.2) is 9.59 Å². The lowest BCUT2D eigenvalue weighted by atomic mass is 9.97. The molecule has 0 fully saturated rings. The van der Waals surface area contributed by atoms with E-state index in [4.69, 9.17) is 18.9 Å². The van der Waals surface area contributed by atoms with Gasteiger partial charge in [-0.3, -0.25) is 4.90 Å². The van der Waals surface area contributed by atoms with Crippen molar-refractivity contribution in [3.8, 4) is 11.5 Å². The van der Waals surface area contributed by atoms with Gasteiger partial charge in [0.1, 0.15) is 0 Å². The van der Waals surface area contributed by atoms with E-state index in [9.17, 15) is 9.59 Å². The number of nitrogens with zero attached hydrogens (tertiary/aromatic N) is 1. The van der Waals surface area contributed by atoms with Crippen LogP contribution in [0.15, 0.2) is 12.1 Å². The molecule has 126 valence electrons. The lowest BCUT2D eigenvalue weighted by Crippen LogP contribution is -2.49. The van der Waals surface area contributed by atoms with Crippen LogP contribution in [-0.4, -0.2) is 57.9 Å². The Balaban J connectivity index is 2.30. The van der Waals surface area contributed by atoms with Crippen molar-refractivity contribution in [3.63, 3.8) is 0 Å². The number of methoxy groups -OCH3 is 4. The molecule has 1 aromatic rings. The smallest absolute Gasteiger partial charge is 0.334 e. The van der Waals surface area contributed by atoms with Crippen LogP contribution in [0.1, 0.15) is 11.1 Å². The minimum atomic E-state index is -1.06. The molecule has 1 aliphatic rings. The maximum absolute atomic E-state index is 11.9. The van der Waals surface area contributed by atoms with Crippen molar-refractivity contribution in [2.24, 2.45) is 0 Å². The summed E-state index contributed by atoms with van der Waals surface area (Å²) in [5.74, 6) is 0.0273. The summed E-state index contributed by atoms with van der Waals surface area (Å²) in [5, 5.41) is 0. The number of carbonyl (C=O) groups excluding carboxylic acids is 2. The molecule has 0 N–H and O–H groups in total. The first-order valence-electron chi connectivity index (χ1n) is 7.19. The first kappa shape index (κ1) is 17.1. The molecule has 0 aliphatic carbocycles. The molecule has 0 bridgehead atoms. The quantitative estimate of drug-likeness (QED) is 0.585. The van der Waals surface area contributed by atoms with Gasteiger partial charge in [0.25, 0.3) is 0 Å². The maximum Gasteiger partial charge on any atom is 0.334 e. The second kappa shape index (κ2) is 7.32. The van der Waals surface area contributed by atoms with E-state index >= 15 is 0 Å². The third-order valence-electron chi connectivity index (χ3n) is 3.96. The van der Waals surface area contributed by atoms with Crippen molar-refractivity contribution < 1.29 is 28.5 Å². The van der Waals surface area contributed by atoms with E-state index < -0.39 is 18.0 Å². The Hall–Kier alpha value is -2.28. The third kappa shape index (κ3) is 3.39. The predicted molar refractivity (Wildman–Crippen MR) is 81.5 cm³/mol. The molecular weight excluding hydrogens is 302 g/mol. The van der Waals surface area contributed by atoms with Gasteiger partial charge in [0.15, 0.2) is 11.5 Å². The summed E-state index contributed by atoms with van der Waals surface area (Å²) in [6, 6.07) is 2.73. The molecule has 1 aromatic carbocycles. The van der Waals surface area contributed by atoms with Crippen LogP contribution in [-0.2, 0) is 32.0 Å². The number of rotatable bonds is 5. The van der Waals surface area contributed by atoms with Gasteiger partial charge in [-0.15, -0.1) is 0 Å². The SMILES string of the molecule is COC(=O)C(C(=O)OC)N1CCc2cc(OC)c(OC)cc2C1. The molecule has 7 nitrogen and oxygen atoms in total. The molecule has 7 heteroatoms. The van der Waals surface area contributed by atoms with E-state index in [1.54, 1.807) is 19.1 Å². The second-order valence-corrected chi connectivity index (χ2v) is 5.15. The van der Waals surface area contributed by atoms with Crippen LogP contribution in [0.2, 0.25) is 0 Å². The highest BCUT2D eigenvalue weighted by Gasteiger charge is 2.36. The highest BCUT2D eigenvalue weighted by molar-refractivity contribution is 5.99. The number of hydrogen-bond donors (Lipinski definition) is 0. The molecule has 2 rings (SSSR count).